The van der Waals surface area contributed by atoms with Gasteiger partial charge >= 0.3 is 0 Å². The quantitative estimate of drug-likeness (QED) is 0.167. The molecule has 3 aliphatic rings. The van der Waals surface area contributed by atoms with Gasteiger partial charge in [0.25, 0.3) is 0 Å². The Morgan fingerprint density at radius 2 is 0.829 bits per heavy atom. The number of hydrogen-bond donors (Lipinski definition) is 0. The Bertz CT molecular complexity index is 4180. The van der Waals surface area contributed by atoms with Gasteiger partial charge in [0.1, 0.15) is 0 Å². The maximum absolute atomic E-state index is 2.55. The molecule has 0 saturated heterocycles. The van der Waals surface area contributed by atoms with Crippen molar-refractivity contribution in [3.63, 3.8) is 0 Å². The largest absolute Gasteiger partial charge is 0.310 e. The van der Waals surface area contributed by atoms with E-state index in [-0.39, 0.29) is 5.41 Å². The summed E-state index contributed by atoms with van der Waals surface area (Å²) in [6.45, 7) is 4.77. The molecule has 1 aromatic heterocycles. The molecule has 2 nitrogen and oxygen atoms in total. The lowest BCUT2D eigenvalue weighted by atomic mass is 9.65. The average Bonchev–Trinajstić information content (AvgIpc) is 3.99. The molecular formula is C68H46N2. The van der Waals surface area contributed by atoms with Crippen molar-refractivity contribution in [1.29, 1.82) is 0 Å². The zero-order valence-electron chi connectivity index (χ0n) is 39.0. The minimum absolute atomic E-state index is 0.180. The van der Waals surface area contributed by atoms with Gasteiger partial charge < -0.3 is 9.47 Å². The lowest BCUT2D eigenvalue weighted by Crippen LogP contribution is -2.33. The summed E-state index contributed by atoms with van der Waals surface area (Å²) < 4.78 is 2.53. The molecule has 1 spiro atoms. The van der Waals surface area contributed by atoms with Crippen molar-refractivity contribution in [3.05, 3.63) is 276 Å². The number of benzene rings is 11. The standard InChI is InChI=1S/C68H46N2/c1-67(2)57-30-11-7-24-50(57)52-39-37-44(41-61(52)67)69(63-34-14-9-26-54(63)49-23-6-5-22-48(49)47-28-17-20-43-19-3-4-21-46(43)47)45-38-40-53-51-25-8-12-31-58(51)68(62(53)42-45)59-32-13-16-36-65(59)70-64-35-15-10-27-55(64)56-29-18-33-60(68)66(56)70/h3-42H,1-2H3. The average molecular weight is 891 g/mol. The van der Waals surface area contributed by atoms with Gasteiger partial charge in [-0.25, -0.2) is 0 Å². The third kappa shape index (κ3) is 5.12. The molecule has 2 aliphatic carbocycles. The van der Waals surface area contributed by atoms with Crippen LogP contribution in [0.1, 0.15) is 47.2 Å². The van der Waals surface area contributed by atoms with Crippen molar-refractivity contribution in [2.75, 3.05) is 4.90 Å². The number of anilines is 3. The first-order valence-electron chi connectivity index (χ1n) is 24.6. The third-order valence-electron chi connectivity index (χ3n) is 16.2. The minimum Gasteiger partial charge on any atom is -0.310 e. The van der Waals surface area contributed by atoms with E-state index in [0.717, 1.165) is 17.1 Å². The molecular weight excluding hydrogens is 845 g/mol. The summed E-state index contributed by atoms with van der Waals surface area (Å²) in [6.07, 6.45) is 0. The Morgan fingerprint density at radius 1 is 0.329 bits per heavy atom. The van der Waals surface area contributed by atoms with Crippen LogP contribution in [0.4, 0.5) is 17.1 Å². The van der Waals surface area contributed by atoms with Gasteiger partial charge in [-0.05, 0) is 126 Å². The minimum atomic E-state index is -0.587. The second-order valence-corrected chi connectivity index (χ2v) is 19.9. The van der Waals surface area contributed by atoms with E-state index in [0.29, 0.717) is 0 Å². The molecule has 0 bridgehead atoms. The molecule has 12 aromatic rings. The molecule has 0 fully saturated rings. The van der Waals surface area contributed by atoms with Gasteiger partial charge in [0.15, 0.2) is 0 Å². The van der Waals surface area contributed by atoms with Crippen molar-refractivity contribution in [2.24, 2.45) is 0 Å². The van der Waals surface area contributed by atoms with Crippen molar-refractivity contribution in [3.8, 4) is 50.2 Å². The zero-order chi connectivity index (χ0) is 46.3. The van der Waals surface area contributed by atoms with E-state index in [1.54, 1.807) is 0 Å². The molecule has 15 rings (SSSR count). The normalized spacial score (nSPS) is 15.5. The number of rotatable bonds is 5. The van der Waals surface area contributed by atoms with Gasteiger partial charge in [-0.15, -0.1) is 0 Å². The maximum Gasteiger partial charge on any atom is 0.0755 e. The Kier molecular flexibility index (Phi) is 8.08. The summed E-state index contributed by atoms with van der Waals surface area (Å²) in [4.78, 5) is 2.55. The first-order chi connectivity index (χ1) is 34.5. The fourth-order valence-corrected chi connectivity index (χ4v) is 13.3. The second-order valence-electron chi connectivity index (χ2n) is 19.9. The predicted molar refractivity (Wildman–Crippen MR) is 292 cm³/mol. The van der Waals surface area contributed by atoms with Gasteiger partial charge in [0.2, 0.25) is 0 Å². The molecule has 1 aliphatic heterocycles. The van der Waals surface area contributed by atoms with E-state index >= 15 is 0 Å². The van der Waals surface area contributed by atoms with Crippen LogP contribution in [0.15, 0.2) is 243 Å². The summed E-state index contributed by atoms with van der Waals surface area (Å²) in [5.74, 6) is 0. The van der Waals surface area contributed by atoms with Gasteiger partial charge in [0, 0.05) is 33.1 Å². The molecule has 0 amide bonds. The van der Waals surface area contributed by atoms with E-state index in [2.05, 4.69) is 266 Å². The van der Waals surface area contributed by atoms with E-state index in [9.17, 15) is 0 Å². The molecule has 1 unspecified atom stereocenters. The van der Waals surface area contributed by atoms with Crippen LogP contribution in [0.25, 0.3) is 82.8 Å². The molecule has 0 N–H and O–H groups in total. The molecule has 70 heavy (non-hydrogen) atoms. The summed E-state index contributed by atoms with van der Waals surface area (Å²) in [5.41, 5.74) is 24.3. The van der Waals surface area contributed by atoms with Gasteiger partial charge in [0.05, 0.1) is 27.8 Å². The van der Waals surface area contributed by atoms with Gasteiger partial charge in [-0.1, -0.05) is 214 Å². The van der Waals surface area contributed by atoms with Crippen LogP contribution >= 0.6 is 0 Å². The van der Waals surface area contributed by atoms with Crippen LogP contribution in [-0.2, 0) is 10.8 Å². The summed E-state index contributed by atoms with van der Waals surface area (Å²) in [5, 5.41) is 5.04. The highest BCUT2D eigenvalue weighted by Crippen LogP contribution is 2.62. The highest BCUT2D eigenvalue weighted by atomic mass is 15.1. The van der Waals surface area contributed by atoms with Crippen molar-refractivity contribution >= 4 is 49.6 Å². The Morgan fingerprint density at radius 3 is 1.63 bits per heavy atom. The number of aromatic nitrogens is 1. The SMILES string of the molecule is CC1(C)c2ccccc2-c2ccc(N(c3ccc4c(c3)C3(c5ccccc5-4)c4ccccc4-n4c5ccccc5c5cccc3c54)c3ccccc3-c3ccccc3-c3cccc4ccccc34)cc21. The van der Waals surface area contributed by atoms with Crippen LogP contribution in [0, 0.1) is 0 Å². The number of fused-ring (bicyclic) bond motifs is 16. The van der Waals surface area contributed by atoms with Crippen LogP contribution in [0.5, 0.6) is 0 Å². The summed E-state index contributed by atoms with van der Waals surface area (Å²) >= 11 is 0. The molecule has 2 heteroatoms. The van der Waals surface area contributed by atoms with Crippen molar-refractivity contribution in [1.82, 2.24) is 4.57 Å². The van der Waals surface area contributed by atoms with Crippen LogP contribution < -0.4 is 4.90 Å². The number of nitrogens with zero attached hydrogens (tertiary/aromatic N) is 2. The predicted octanol–water partition coefficient (Wildman–Crippen LogP) is 17.7. The van der Waals surface area contributed by atoms with Gasteiger partial charge in [-0.2, -0.15) is 0 Å². The zero-order valence-corrected chi connectivity index (χ0v) is 39.0. The lowest BCUT2D eigenvalue weighted by molar-refractivity contribution is 0.660. The third-order valence-corrected chi connectivity index (χ3v) is 16.2. The molecule has 0 radical (unpaired) electrons. The van der Waals surface area contributed by atoms with Crippen molar-refractivity contribution in [2.45, 2.75) is 24.7 Å². The maximum atomic E-state index is 2.55. The monoisotopic (exact) mass is 890 g/mol. The lowest BCUT2D eigenvalue weighted by Gasteiger charge is -2.40. The van der Waals surface area contributed by atoms with Gasteiger partial charge in [-0.3, -0.25) is 0 Å². The Balaban J connectivity index is 1.02. The second kappa shape index (κ2) is 14.4. The topological polar surface area (TPSA) is 8.17 Å². The highest BCUT2D eigenvalue weighted by molar-refractivity contribution is 6.13. The van der Waals surface area contributed by atoms with E-state index in [1.165, 1.54) is 116 Å². The Hall–Kier alpha value is -8.72. The molecule has 11 aromatic carbocycles. The van der Waals surface area contributed by atoms with Crippen molar-refractivity contribution < 1.29 is 0 Å². The van der Waals surface area contributed by atoms with E-state index in [1.807, 2.05) is 0 Å². The van der Waals surface area contributed by atoms with Crippen LogP contribution in [-0.4, -0.2) is 4.57 Å². The summed E-state index contributed by atoms with van der Waals surface area (Å²) in [6, 6.07) is 91.3. The molecule has 0 saturated carbocycles. The number of para-hydroxylation sites is 4. The Labute approximate surface area is 408 Å². The first kappa shape index (κ1) is 39.3. The smallest absolute Gasteiger partial charge is 0.0755 e. The fraction of sp³-hybridized carbons (Fsp3) is 0.0588. The first-order valence-corrected chi connectivity index (χ1v) is 24.6. The number of hydrogen-bond acceptors (Lipinski definition) is 1. The molecule has 2 heterocycles. The van der Waals surface area contributed by atoms with Crippen LogP contribution in [0.3, 0.4) is 0 Å². The fourth-order valence-electron chi connectivity index (χ4n) is 13.3. The molecule has 328 valence electrons. The van der Waals surface area contributed by atoms with Crippen LogP contribution in [0.2, 0.25) is 0 Å². The highest BCUT2D eigenvalue weighted by Gasteiger charge is 2.51. The van der Waals surface area contributed by atoms with E-state index in [4.69, 9.17) is 0 Å². The summed E-state index contributed by atoms with van der Waals surface area (Å²) in [7, 11) is 0. The molecule has 1 atom stereocenters. The van der Waals surface area contributed by atoms with E-state index < -0.39 is 5.41 Å².